The van der Waals surface area contributed by atoms with Gasteiger partial charge in [-0.2, -0.15) is 0 Å². The third-order valence-electron chi connectivity index (χ3n) is 4.85. The molecule has 0 aliphatic heterocycles. The van der Waals surface area contributed by atoms with Crippen LogP contribution in [0.25, 0.3) is 0 Å². The minimum absolute atomic E-state index is 0.0465. The zero-order valence-corrected chi connectivity index (χ0v) is 23.9. The molecule has 0 saturated heterocycles. The third kappa shape index (κ3) is 10.0. The molecule has 1 unspecified atom stereocenters. The number of nitrogens with zero attached hydrogens (tertiary/aromatic N) is 3. The normalized spacial score (nSPS) is 11.9. The maximum absolute atomic E-state index is 13.4. The summed E-state index contributed by atoms with van der Waals surface area (Å²) in [7, 11) is -2.04. The first-order valence-corrected chi connectivity index (χ1v) is 13.6. The predicted octanol–water partition coefficient (Wildman–Crippen LogP) is 3.48. The van der Waals surface area contributed by atoms with Crippen LogP contribution in [0.1, 0.15) is 62.0 Å². The molecule has 0 amide bonds. The largest absolute Gasteiger partial charge is 0.492 e. The number of hydrogen-bond acceptors (Lipinski definition) is 11. The lowest BCUT2D eigenvalue weighted by atomic mass is 10.2. The Labute approximate surface area is 234 Å². The molecule has 2 rings (SSSR count). The van der Waals surface area contributed by atoms with Gasteiger partial charge in [-0.15, -0.1) is 0 Å². The van der Waals surface area contributed by atoms with Crippen molar-refractivity contribution in [2.75, 3.05) is 32.9 Å². The van der Waals surface area contributed by atoms with Gasteiger partial charge in [-0.05, 0) is 40.7 Å². The minimum Gasteiger partial charge on any atom is -0.492 e. The summed E-state index contributed by atoms with van der Waals surface area (Å²) < 4.78 is 35.8. The van der Waals surface area contributed by atoms with E-state index in [0.717, 1.165) is 0 Å². The fourth-order valence-corrected chi connectivity index (χ4v) is 4.55. The first-order chi connectivity index (χ1) is 18.9. The van der Waals surface area contributed by atoms with E-state index >= 15 is 0 Å². The molecular formula is C26H33N3O10S. The molecule has 1 heterocycles. The van der Waals surface area contributed by atoms with Crippen molar-refractivity contribution in [2.45, 2.75) is 51.5 Å². The van der Waals surface area contributed by atoms with Crippen molar-refractivity contribution in [1.29, 1.82) is 0 Å². The van der Waals surface area contributed by atoms with Crippen LogP contribution in [0, 0.1) is 10.1 Å². The maximum Gasteiger partial charge on any atom is 0.357 e. The summed E-state index contributed by atoms with van der Waals surface area (Å²) in [6, 6.07) is 8.15. The van der Waals surface area contributed by atoms with Crippen LogP contribution in [-0.4, -0.2) is 74.8 Å². The van der Waals surface area contributed by atoms with E-state index in [2.05, 4.69) is 4.98 Å². The molecule has 40 heavy (non-hydrogen) atoms. The fraction of sp³-hybridized carbons (Fsp3) is 0.462. The lowest BCUT2D eigenvalue weighted by Crippen LogP contribution is -2.34. The number of carbonyl (C=O) groups is 3. The van der Waals surface area contributed by atoms with Gasteiger partial charge in [-0.3, -0.25) is 14.9 Å². The summed E-state index contributed by atoms with van der Waals surface area (Å²) in [5.41, 5.74) is -1.41. The highest BCUT2D eigenvalue weighted by atomic mass is 32.2. The fourth-order valence-electron chi connectivity index (χ4n) is 3.25. The van der Waals surface area contributed by atoms with Gasteiger partial charge < -0.3 is 18.9 Å². The van der Waals surface area contributed by atoms with E-state index in [9.17, 15) is 28.7 Å². The second-order valence-corrected chi connectivity index (χ2v) is 10.6. The van der Waals surface area contributed by atoms with Crippen molar-refractivity contribution in [2.24, 2.45) is 0 Å². The molecule has 1 atom stereocenters. The number of aromatic nitrogens is 1. The molecule has 0 fully saturated rings. The highest BCUT2D eigenvalue weighted by Gasteiger charge is 2.26. The number of para-hydroxylation sites is 1. The van der Waals surface area contributed by atoms with Crippen molar-refractivity contribution >= 4 is 34.6 Å². The highest BCUT2D eigenvalue weighted by Crippen LogP contribution is 2.24. The summed E-state index contributed by atoms with van der Waals surface area (Å²) in [5.74, 6) is -1.99. The monoisotopic (exact) mass is 579 g/mol. The van der Waals surface area contributed by atoms with E-state index in [4.69, 9.17) is 18.9 Å². The molecule has 14 heteroatoms. The Morgan fingerprint density at radius 3 is 2.10 bits per heavy atom. The summed E-state index contributed by atoms with van der Waals surface area (Å²) in [6.07, 6.45) is -0.140. The highest BCUT2D eigenvalue weighted by molar-refractivity contribution is 7.82. The quantitative estimate of drug-likeness (QED) is 0.139. The second kappa shape index (κ2) is 15.0. The van der Waals surface area contributed by atoms with E-state index in [1.807, 2.05) is 0 Å². The molecule has 218 valence electrons. The lowest BCUT2D eigenvalue weighted by molar-refractivity contribution is -0.387. The van der Waals surface area contributed by atoms with Gasteiger partial charge in [0.05, 0.1) is 24.6 Å². The number of carbonyl (C=O) groups excluding carboxylic acids is 3. The summed E-state index contributed by atoms with van der Waals surface area (Å²) >= 11 is 0. The number of nitro benzene ring substituents is 1. The molecule has 0 spiro atoms. The predicted molar refractivity (Wildman–Crippen MR) is 143 cm³/mol. The van der Waals surface area contributed by atoms with E-state index in [0.29, 0.717) is 0 Å². The number of nitro groups is 1. The molecule has 2 aromatic rings. The van der Waals surface area contributed by atoms with Gasteiger partial charge in [0.25, 0.3) is 5.69 Å². The second-order valence-electron chi connectivity index (χ2n) is 9.10. The number of esters is 3. The Kier molecular flexibility index (Phi) is 12.1. The van der Waals surface area contributed by atoms with Crippen LogP contribution in [0.2, 0.25) is 0 Å². The van der Waals surface area contributed by atoms with Gasteiger partial charge in [-0.25, -0.2) is 23.1 Å². The first-order valence-electron chi connectivity index (χ1n) is 12.5. The molecule has 0 aliphatic carbocycles. The molecule has 0 radical (unpaired) electrons. The standard InChI is InChI=1S/C26H33N3O10S/c1-6-36-24(31)19-16-18(17-20(27-19)25(32)37-7-2)38-15-14-28(13-12-23(30)39-26(3,4)5)40(35)22-11-9-8-10-21(22)29(33)34/h8-11,16-17H,6-7,12-15H2,1-5H3. The van der Waals surface area contributed by atoms with Crippen LogP contribution < -0.4 is 4.74 Å². The van der Waals surface area contributed by atoms with Crippen molar-refractivity contribution in [1.82, 2.24) is 9.29 Å². The van der Waals surface area contributed by atoms with Crippen molar-refractivity contribution in [3.05, 3.63) is 57.9 Å². The maximum atomic E-state index is 13.4. The average Bonchev–Trinajstić information content (AvgIpc) is 2.89. The molecule has 1 aromatic carbocycles. The molecule has 0 aliphatic rings. The zero-order chi connectivity index (χ0) is 29.9. The van der Waals surface area contributed by atoms with E-state index in [1.165, 1.54) is 40.7 Å². The van der Waals surface area contributed by atoms with E-state index < -0.39 is 39.4 Å². The Morgan fingerprint density at radius 2 is 1.57 bits per heavy atom. The Morgan fingerprint density at radius 1 is 1.00 bits per heavy atom. The Balaban J connectivity index is 2.28. The smallest absolute Gasteiger partial charge is 0.357 e. The minimum atomic E-state index is -2.04. The zero-order valence-electron chi connectivity index (χ0n) is 23.0. The third-order valence-corrected chi connectivity index (χ3v) is 6.40. The average molecular weight is 580 g/mol. The molecular weight excluding hydrogens is 546 g/mol. The van der Waals surface area contributed by atoms with Gasteiger partial charge in [0.15, 0.2) is 11.4 Å². The topological polar surface area (TPSA) is 164 Å². The van der Waals surface area contributed by atoms with E-state index in [-0.39, 0.29) is 67.1 Å². The Hall–Kier alpha value is -3.91. The number of benzene rings is 1. The molecule has 0 saturated carbocycles. The molecule has 0 N–H and O–H groups in total. The number of rotatable bonds is 14. The van der Waals surface area contributed by atoms with Crippen LogP contribution in [0.3, 0.4) is 0 Å². The van der Waals surface area contributed by atoms with Crippen LogP contribution in [0.5, 0.6) is 5.75 Å². The lowest BCUT2D eigenvalue weighted by Gasteiger charge is -2.23. The number of ether oxygens (including phenoxy) is 4. The van der Waals surface area contributed by atoms with Crippen molar-refractivity contribution in [3.63, 3.8) is 0 Å². The van der Waals surface area contributed by atoms with Gasteiger partial charge in [0.2, 0.25) is 0 Å². The first kappa shape index (κ1) is 32.3. The van der Waals surface area contributed by atoms with E-state index in [1.54, 1.807) is 34.6 Å². The van der Waals surface area contributed by atoms with Crippen LogP contribution in [0.4, 0.5) is 5.69 Å². The van der Waals surface area contributed by atoms with Gasteiger partial charge in [0, 0.05) is 31.3 Å². The van der Waals surface area contributed by atoms with Gasteiger partial charge in [-0.1, -0.05) is 12.1 Å². The van der Waals surface area contributed by atoms with Crippen molar-refractivity contribution < 1.29 is 42.5 Å². The molecule has 13 nitrogen and oxygen atoms in total. The van der Waals surface area contributed by atoms with Crippen LogP contribution in [0.15, 0.2) is 41.3 Å². The molecule has 0 bridgehead atoms. The van der Waals surface area contributed by atoms with Gasteiger partial charge >= 0.3 is 17.9 Å². The SMILES string of the molecule is CCOC(=O)c1cc(OCCN(CCC(=O)OC(C)(C)C)S(=O)c2ccccc2[N+](=O)[O-])cc(C(=O)OCC)n1. The number of pyridine rings is 1. The van der Waals surface area contributed by atoms with Crippen LogP contribution in [-0.2, 0) is 30.0 Å². The van der Waals surface area contributed by atoms with Crippen molar-refractivity contribution in [3.8, 4) is 5.75 Å². The summed E-state index contributed by atoms with van der Waals surface area (Å²) in [6.45, 7) is 8.32. The Bertz CT molecular complexity index is 1210. The molecule has 1 aromatic heterocycles. The summed E-state index contributed by atoms with van der Waals surface area (Å²) in [5, 5.41) is 11.5. The van der Waals surface area contributed by atoms with Gasteiger partial charge in [0.1, 0.15) is 33.8 Å². The summed E-state index contributed by atoms with van der Waals surface area (Å²) in [4.78, 5) is 51.6. The van der Waals surface area contributed by atoms with Crippen LogP contribution >= 0.6 is 0 Å². The number of hydrogen-bond donors (Lipinski definition) is 0.